The minimum Gasteiger partial charge on any atom is -0.349 e. The number of halogens is 1. The normalized spacial score (nSPS) is 11.3. The first-order valence-corrected chi connectivity index (χ1v) is 9.63. The predicted molar refractivity (Wildman–Crippen MR) is 111 cm³/mol. The van der Waals surface area contributed by atoms with Gasteiger partial charge in [0.1, 0.15) is 0 Å². The maximum Gasteiger partial charge on any atom is 0.292 e. The van der Waals surface area contributed by atoms with Crippen molar-refractivity contribution in [3.05, 3.63) is 70.6 Å². The van der Waals surface area contributed by atoms with Gasteiger partial charge in [0.15, 0.2) is 0 Å². The van der Waals surface area contributed by atoms with E-state index in [2.05, 4.69) is 36.2 Å². The summed E-state index contributed by atoms with van der Waals surface area (Å²) in [6.45, 7) is 6.48. The van der Waals surface area contributed by atoms with E-state index in [1.165, 1.54) is 0 Å². The molecule has 3 rings (SSSR count). The van der Waals surface area contributed by atoms with E-state index in [1.807, 2.05) is 12.1 Å². The molecule has 0 aliphatic carbocycles. The van der Waals surface area contributed by atoms with Crippen LogP contribution in [0.2, 0.25) is 5.02 Å². The first-order chi connectivity index (χ1) is 13.7. The van der Waals surface area contributed by atoms with Crippen molar-refractivity contribution in [2.75, 3.05) is 6.54 Å². The third kappa shape index (κ3) is 5.29. The van der Waals surface area contributed by atoms with Gasteiger partial charge in [-0.3, -0.25) is 9.59 Å². The number of aromatic nitrogens is 2. The van der Waals surface area contributed by atoms with Crippen LogP contribution in [0.25, 0.3) is 11.4 Å². The Hall–Kier alpha value is -2.99. The summed E-state index contributed by atoms with van der Waals surface area (Å²) in [5.41, 5.74) is 2.22. The van der Waals surface area contributed by atoms with Crippen molar-refractivity contribution >= 4 is 23.3 Å². The second-order valence-corrected chi connectivity index (χ2v) is 8.12. The van der Waals surface area contributed by atoms with Crippen LogP contribution in [0.4, 0.5) is 0 Å². The first kappa shape index (κ1) is 20.7. The molecule has 0 radical (unpaired) electrons. The molecule has 0 saturated carbocycles. The Morgan fingerprint density at radius 2 is 1.69 bits per heavy atom. The molecular formula is C22H22ClN3O3. The van der Waals surface area contributed by atoms with E-state index in [0.29, 0.717) is 28.7 Å². The zero-order chi connectivity index (χ0) is 21.0. The number of carbonyl (C=O) groups excluding carboxylic acids is 2. The zero-order valence-electron chi connectivity index (χ0n) is 16.5. The van der Waals surface area contributed by atoms with Gasteiger partial charge in [-0.05, 0) is 35.2 Å². The molecule has 3 aromatic rings. The van der Waals surface area contributed by atoms with Gasteiger partial charge in [-0.1, -0.05) is 61.8 Å². The molecule has 1 heterocycles. The predicted octanol–water partition coefficient (Wildman–Crippen LogP) is 4.23. The average molecular weight is 412 g/mol. The standard InChI is InChI=1S/C22H22ClN3O3/c1-22(2,3)16-8-4-14(5-9-16)19(27)21(28)24-13-12-18-25-20(26-29-18)15-6-10-17(23)11-7-15/h4-11H,12-13H2,1-3H3,(H,24,28). The number of ketones is 1. The van der Waals surface area contributed by atoms with Gasteiger partial charge in [-0.15, -0.1) is 0 Å². The van der Waals surface area contributed by atoms with Crippen LogP contribution in [0, 0.1) is 0 Å². The molecule has 1 aromatic heterocycles. The van der Waals surface area contributed by atoms with Crippen molar-refractivity contribution in [3.8, 4) is 11.4 Å². The van der Waals surface area contributed by atoms with Gasteiger partial charge < -0.3 is 9.84 Å². The number of hydrogen-bond acceptors (Lipinski definition) is 5. The molecule has 0 bridgehead atoms. The molecule has 0 aliphatic heterocycles. The average Bonchev–Trinajstić information content (AvgIpc) is 3.16. The molecule has 0 saturated heterocycles. The highest BCUT2D eigenvalue weighted by atomic mass is 35.5. The second-order valence-electron chi connectivity index (χ2n) is 7.68. The fraction of sp³-hybridized carbons (Fsp3) is 0.273. The van der Waals surface area contributed by atoms with Crippen LogP contribution in [-0.2, 0) is 16.6 Å². The van der Waals surface area contributed by atoms with E-state index >= 15 is 0 Å². The maximum atomic E-state index is 12.3. The third-order valence-corrected chi connectivity index (χ3v) is 4.67. The quantitative estimate of drug-likeness (QED) is 0.484. The lowest BCUT2D eigenvalue weighted by atomic mass is 9.86. The van der Waals surface area contributed by atoms with E-state index in [4.69, 9.17) is 16.1 Å². The minimum atomic E-state index is -0.661. The minimum absolute atomic E-state index is 0.0151. The van der Waals surface area contributed by atoms with Gasteiger partial charge in [0, 0.05) is 29.1 Å². The Labute approximate surface area is 174 Å². The van der Waals surface area contributed by atoms with Gasteiger partial charge in [0.2, 0.25) is 17.5 Å². The van der Waals surface area contributed by atoms with E-state index < -0.39 is 11.7 Å². The number of hydrogen-bond donors (Lipinski definition) is 1. The monoisotopic (exact) mass is 411 g/mol. The lowest BCUT2D eigenvalue weighted by molar-refractivity contribution is -0.116. The van der Waals surface area contributed by atoms with Crippen LogP contribution < -0.4 is 5.32 Å². The van der Waals surface area contributed by atoms with E-state index in [-0.39, 0.29) is 12.0 Å². The molecule has 0 spiro atoms. The zero-order valence-corrected chi connectivity index (χ0v) is 17.3. The number of carbonyl (C=O) groups is 2. The summed E-state index contributed by atoms with van der Waals surface area (Å²) in [6, 6.07) is 14.2. The second kappa shape index (κ2) is 8.57. The molecule has 2 aromatic carbocycles. The van der Waals surface area contributed by atoms with Gasteiger partial charge in [-0.2, -0.15) is 4.98 Å². The molecular weight excluding hydrogens is 390 g/mol. The summed E-state index contributed by atoms with van der Waals surface area (Å²) in [7, 11) is 0. The molecule has 0 atom stereocenters. The van der Waals surface area contributed by atoms with Gasteiger partial charge >= 0.3 is 0 Å². The molecule has 6 nitrogen and oxygen atoms in total. The van der Waals surface area contributed by atoms with Crippen molar-refractivity contribution in [1.82, 2.24) is 15.5 Å². The molecule has 150 valence electrons. The molecule has 0 fully saturated rings. The Bertz CT molecular complexity index is 1000. The van der Waals surface area contributed by atoms with Crippen LogP contribution in [0.15, 0.2) is 53.1 Å². The fourth-order valence-electron chi connectivity index (χ4n) is 2.69. The molecule has 29 heavy (non-hydrogen) atoms. The van der Waals surface area contributed by atoms with E-state index in [1.54, 1.807) is 36.4 Å². The van der Waals surface area contributed by atoms with Crippen LogP contribution in [-0.4, -0.2) is 28.4 Å². The van der Waals surface area contributed by atoms with E-state index in [0.717, 1.165) is 11.1 Å². The Kier molecular flexibility index (Phi) is 6.13. The highest BCUT2D eigenvalue weighted by molar-refractivity contribution is 6.42. The summed E-state index contributed by atoms with van der Waals surface area (Å²) < 4.78 is 5.19. The lowest BCUT2D eigenvalue weighted by Crippen LogP contribution is -2.32. The molecule has 1 amide bonds. The van der Waals surface area contributed by atoms with Crippen LogP contribution in [0.3, 0.4) is 0 Å². The summed E-state index contributed by atoms with van der Waals surface area (Å²) >= 11 is 5.87. The van der Waals surface area contributed by atoms with E-state index in [9.17, 15) is 9.59 Å². The smallest absolute Gasteiger partial charge is 0.292 e. The summed E-state index contributed by atoms with van der Waals surface area (Å²) in [4.78, 5) is 28.7. The number of amides is 1. The molecule has 0 unspecified atom stereocenters. The molecule has 0 aliphatic rings. The number of Topliss-reactive ketones (excluding diaryl/α,β-unsaturated/α-hetero) is 1. The number of nitrogens with one attached hydrogen (secondary N) is 1. The largest absolute Gasteiger partial charge is 0.349 e. The summed E-state index contributed by atoms with van der Waals surface area (Å²) in [5, 5.41) is 7.14. The molecule has 1 N–H and O–H groups in total. The van der Waals surface area contributed by atoms with Crippen molar-refractivity contribution < 1.29 is 14.1 Å². The van der Waals surface area contributed by atoms with Crippen LogP contribution in [0.1, 0.15) is 42.6 Å². The number of rotatable bonds is 6. The summed E-state index contributed by atoms with van der Waals surface area (Å²) in [6.07, 6.45) is 0.322. The summed E-state index contributed by atoms with van der Waals surface area (Å²) in [5.74, 6) is -0.418. The maximum absolute atomic E-state index is 12.3. The Balaban J connectivity index is 1.53. The van der Waals surface area contributed by atoms with Crippen molar-refractivity contribution in [2.45, 2.75) is 32.6 Å². The van der Waals surface area contributed by atoms with Crippen molar-refractivity contribution in [1.29, 1.82) is 0 Å². The van der Waals surface area contributed by atoms with Gasteiger partial charge in [0.05, 0.1) is 0 Å². The SMILES string of the molecule is CC(C)(C)c1ccc(C(=O)C(=O)NCCc2nc(-c3ccc(Cl)cc3)no2)cc1. The first-order valence-electron chi connectivity index (χ1n) is 9.25. The Morgan fingerprint density at radius 1 is 1.03 bits per heavy atom. The van der Waals surface area contributed by atoms with Crippen molar-refractivity contribution in [3.63, 3.8) is 0 Å². The Morgan fingerprint density at radius 3 is 2.31 bits per heavy atom. The highest BCUT2D eigenvalue weighted by Gasteiger charge is 2.18. The number of nitrogens with zero attached hydrogens (tertiary/aromatic N) is 2. The van der Waals surface area contributed by atoms with Crippen LogP contribution >= 0.6 is 11.6 Å². The van der Waals surface area contributed by atoms with Gasteiger partial charge in [-0.25, -0.2) is 0 Å². The lowest BCUT2D eigenvalue weighted by Gasteiger charge is -2.18. The topological polar surface area (TPSA) is 85.1 Å². The van der Waals surface area contributed by atoms with Crippen molar-refractivity contribution in [2.24, 2.45) is 0 Å². The molecule has 7 heteroatoms. The van der Waals surface area contributed by atoms with Crippen LogP contribution in [0.5, 0.6) is 0 Å². The van der Waals surface area contributed by atoms with Gasteiger partial charge in [0.25, 0.3) is 5.91 Å². The fourth-order valence-corrected chi connectivity index (χ4v) is 2.81. The highest BCUT2D eigenvalue weighted by Crippen LogP contribution is 2.22. The third-order valence-electron chi connectivity index (χ3n) is 4.41. The number of benzene rings is 2.